The summed E-state index contributed by atoms with van der Waals surface area (Å²) in [6, 6.07) is 11.5. The molecule has 0 saturated heterocycles. The average Bonchev–Trinajstić information content (AvgIpc) is 2.44. The summed E-state index contributed by atoms with van der Waals surface area (Å²) in [7, 11) is -1.45. The van der Waals surface area contributed by atoms with Crippen LogP contribution in [0.1, 0.15) is 16.7 Å². The van der Waals surface area contributed by atoms with E-state index in [0.29, 0.717) is 10.6 Å². The summed E-state index contributed by atoms with van der Waals surface area (Å²) < 4.78 is 26.3. The first-order valence-corrected chi connectivity index (χ1v) is 7.27. The molecule has 0 spiro atoms. The van der Waals surface area contributed by atoms with E-state index in [2.05, 4.69) is 0 Å². The Labute approximate surface area is 119 Å². The Morgan fingerprint density at radius 2 is 2.00 bits per heavy atom. The minimum absolute atomic E-state index is 0.00495. The predicted molar refractivity (Wildman–Crippen MR) is 76.8 cm³/mol. The largest absolute Gasteiger partial charge is 0.398 e. The topological polar surface area (TPSA) is 66.9 Å². The number of hydrogen-bond acceptors (Lipinski definition) is 3. The second-order valence-electron chi connectivity index (χ2n) is 4.37. The summed E-state index contributed by atoms with van der Waals surface area (Å²) in [6.45, 7) is 1.83. The van der Waals surface area contributed by atoms with E-state index in [1.807, 2.05) is 13.0 Å². The van der Waals surface area contributed by atoms with Gasteiger partial charge in [0.25, 0.3) is 0 Å². The number of benzene rings is 2. The Morgan fingerprint density at radius 1 is 1.30 bits per heavy atom. The summed E-state index contributed by atoms with van der Waals surface area (Å²) in [5.74, 6) is -0.621. The molecule has 1 unspecified atom stereocenters. The number of nitrogens with zero attached hydrogens (tertiary/aromatic N) is 1. The van der Waals surface area contributed by atoms with Gasteiger partial charge in [0.1, 0.15) is 11.9 Å². The Morgan fingerprint density at radius 3 is 2.70 bits per heavy atom. The maximum absolute atomic E-state index is 13.9. The van der Waals surface area contributed by atoms with Gasteiger partial charge in [0.2, 0.25) is 0 Å². The number of anilines is 1. The van der Waals surface area contributed by atoms with E-state index >= 15 is 0 Å². The third-order valence-corrected chi connectivity index (χ3v) is 4.43. The van der Waals surface area contributed by atoms with Crippen LogP contribution in [0, 0.1) is 24.1 Å². The van der Waals surface area contributed by atoms with Crippen LogP contribution in [0.25, 0.3) is 0 Å². The third kappa shape index (κ3) is 2.70. The molecule has 0 fully saturated rings. The molecule has 102 valence electrons. The van der Waals surface area contributed by atoms with Crippen LogP contribution >= 0.6 is 0 Å². The minimum Gasteiger partial charge on any atom is -0.398 e. The number of aryl methyl sites for hydroxylation is 1. The second-order valence-corrected chi connectivity index (χ2v) is 5.79. The van der Waals surface area contributed by atoms with Gasteiger partial charge in [0, 0.05) is 5.56 Å². The molecule has 1 atom stereocenters. The van der Waals surface area contributed by atoms with E-state index in [1.54, 1.807) is 24.3 Å². The van der Waals surface area contributed by atoms with E-state index in [-0.39, 0.29) is 16.9 Å². The van der Waals surface area contributed by atoms with Crippen LogP contribution in [0.2, 0.25) is 0 Å². The van der Waals surface area contributed by atoms with Gasteiger partial charge in [-0.05, 0) is 24.6 Å². The fraction of sp³-hybridized carbons (Fsp3) is 0.133. The molecule has 0 amide bonds. The molecule has 5 heteroatoms. The molecule has 20 heavy (non-hydrogen) atoms. The average molecular weight is 288 g/mol. The van der Waals surface area contributed by atoms with Crippen LogP contribution in [0.3, 0.4) is 0 Å². The zero-order valence-corrected chi connectivity index (χ0v) is 11.7. The third-order valence-electron chi connectivity index (χ3n) is 3.02. The highest BCUT2D eigenvalue weighted by Crippen LogP contribution is 2.23. The highest BCUT2D eigenvalue weighted by Gasteiger charge is 2.14. The van der Waals surface area contributed by atoms with Crippen LogP contribution < -0.4 is 5.73 Å². The number of para-hydroxylation sites is 1. The van der Waals surface area contributed by atoms with Crippen molar-refractivity contribution in [1.82, 2.24) is 0 Å². The lowest BCUT2D eigenvalue weighted by Crippen LogP contribution is -2.04. The molecule has 0 aliphatic rings. The van der Waals surface area contributed by atoms with Crippen molar-refractivity contribution in [3.05, 3.63) is 58.9 Å². The fourth-order valence-electron chi connectivity index (χ4n) is 1.85. The molecule has 3 nitrogen and oxygen atoms in total. The summed E-state index contributed by atoms with van der Waals surface area (Å²) in [6.07, 6.45) is 0. The van der Waals surface area contributed by atoms with Crippen molar-refractivity contribution >= 4 is 16.5 Å². The van der Waals surface area contributed by atoms with E-state index in [1.165, 1.54) is 12.1 Å². The minimum atomic E-state index is -1.45. The smallest absolute Gasteiger partial charge is 0.145 e. The molecule has 2 N–H and O–H groups in total. The van der Waals surface area contributed by atoms with Crippen molar-refractivity contribution < 1.29 is 8.60 Å². The van der Waals surface area contributed by atoms with Gasteiger partial charge in [-0.2, -0.15) is 5.26 Å². The quantitative estimate of drug-likeness (QED) is 0.883. The van der Waals surface area contributed by atoms with Gasteiger partial charge < -0.3 is 5.73 Å². The van der Waals surface area contributed by atoms with Gasteiger partial charge in [0.05, 0.1) is 32.7 Å². The molecular formula is C15H13FN2OS. The van der Waals surface area contributed by atoms with E-state index in [9.17, 15) is 8.60 Å². The van der Waals surface area contributed by atoms with Crippen molar-refractivity contribution in [3.8, 4) is 6.07 Å². The van der Waals surface area contributed by atoms with Gasteiger partial charge in [-0.3, -0.25) is 4.21 Å². The number of nitriles is 1. The Bertz CT molecular complexity index is 722. The van der Waals surface area contributed by atoms with Crippen molar-refractivity contribution in [2.24, 2.45) is 0 Å². The van der Waals surface area contributed by atoms with E-state index < -0.39 is 16.6 Å². The zero-order valence-electron chi connectivity index (χ0n) is 10.9. The monoisotopic (exact) mass is 288 g/mol. The summed E-state index contributed by atoms with van der Waals surface area (Å²) in [5, 5.41) is 8.79. The molecule has 0 aromatic heterocycles. The Hall–Kier alpha value is -2.19. The number of nitrogens with two attached hydrogens (primary N) is 1. The van der Waals surface area contributed by atoms with E-state index in [0.717, 1.165) is 5.56 Å². The molecule has 2 rings (SSSR count). The molecule has 0 aliphatic heterocycles. The molecule has 0 radical (unpaired) electrons. The van der Waals surface area contributed by atoms with Crippen LogP contribution in [0.15, 0.2) is 41.3 Å². The van der Waals surface area contributed by atoms with Crippen LogP contribution in [0.5, 0.6) is 0 Å². The SMILES string of the molecule is Cc1cccc(S(=O)Cc2cccc(C#N)c2F)c1N. The predicted octanol–water partition coefficient (Wildman–Crippen LogP) is 2.90. The van der Waals surface area contributed by atoms with Gasteiger partial charge in [-0.1, -0.05) is 24.3 Å². The molecule has 0 saturated carbocycles. The number of rotatable bonds is 3. The Balaban J connectivity index is 2.34. The van der Waals surface area contributed by atoms with Crippen LogP contribution in [0.4, 0.5) is 10.1 Å². The second kappa shape index (κ2) is 5.85. The highest BCUT2D eigenvalue weighted by atomic mass is 32.2. The van der Waals surface area contributed by atoms with Gasteiger partial charge in [-0.15, -0.1) is 0 Å². The van der Waals surface area contributed by atoms with Crippen LogP contribution in [-0.4, -0.2) is 4.21 Å². The maximum Gasteiger partial charge on any atom is 0.145 e. The lowest BCUT2D eigenvalue weighted by atomic mass is 10.1. The normalized spacial score (nSPS) is 11.8. The van der Waals surface area contributed by atoms with E-state index in [4.69, 9.17) is 11.0 Å². The summed E-state index contributed by atoms with van der Waals surface area (Å²) in [4.78, 5) is 0.492. The standard InChI is InChI=1S/C15H13FN2OS/c1-10-4-2-7-13(15(10)18)20(19)9-12-6-3-5-11(8-17)14(12)16/h2-7H,9,18H2,1H3. The lowest BCUT2D eigenvalue weighted by Gasteiger charge is -2.09. The number of hydrogen-bond donors (Lipinski definition) is 1. The summed E-state index contributed by atoms with van der Waals surface area (Å²) in [5.41, 5.74) is 7.40. The van der Waals surface area contributed by atoms with Crippen molar-refractivity contribution in [2.45, 2.75) is 17.6 Å². The van der Waals surface area contributed by atoms with Crippen molar-refractivity contribution in [2.75, 3.05) is 5.73 Å². The van der Waals surface area contributed by atoms with Gasteiger partial charge in [0.15, 0.2) is 0 Å². The number of nitrogen functional groups attached to an aromatic ring is 1. The van der Waals surface area contributed by atoms with Gasteiger partial charge in [-0.25, -0.2) is 4.39 Å². The van der Waals surface area contributed by atoms with Crippen molar-refractivity contribution in [3.63, 3.8) is 0 Å². The maximum atomic E-state index is 13.9. The molecule has 0 heterocycles. The van der Waals surface area contributed by atoms with Crippen LogP contribution in [-0.2, 0) is 16.6 Å². The molecule has 0 aliphatic carbocycles. The summed E-state index contributed by atoms with van der Waals surface area (Å²) >= 11 is 0. The Kier molecular flexibility index (Phi) is 4.16. The van der Waals surface area contributed by atoms with Gasteiger partial charge >= 0.3 is 0 Å². The molecule has 2 aromatic rings. The zero-order chi connectivity index (χ0) is 14.7. The first-order chi connectivity index (χ1) is 9.54. The number of halogens is 1. The molecule has 2 aromatic carbocycles. The van der Waals surface area contributed by atoms with Crippen molar-refractivity contribution in [1.29, 1.82) is 5.26 Å². The fourth-order valence-corrected chi connectivity index (χ4v) is 3.15. The lowest BCUT2D eigenvalue weighted by molar-refractivity contribution is 0.611. The molecular weight excluding hydrogens is 275 g/mol. The first-order valence-electron chi connectivity index (χ1n) is 5.95. The highest BCUT2D eigenvalue weighted by molar-refractivity contribution is 7.84. The first kappa shape index (κ1) is 14.2. The molecule has 0 bridgehead atoms.